The van der Waals surface area contributed by atoms with E-state index in [2.05, 4.69) is 58.3 Å². The number of carbonyl (C=O) groups is 1. The second-order valence-electron chi connectivity index (χ2n) is 1.65. The molecule has 0 fully saturated rings. The third-order valence-corrected chi connectivity index (χ3v) is 1.75. The smallest absolute Gasteiger partial charge is 0.233 e. The van der Waals surface area contributed by atoms with Crippen molar-refractivity contribution >= 4 is 74.9 Å². The first kappa shape index (κ1) is 49.7. The Morgan fingerprint density at radius 1 is 0.783 bits per heavy atom. The minimum Gasteiger partial charge on any atom is -0.359 e. The molecule has 0 aromatic heterocycles. The monoisotopic (exact) mass is 450 g/mol. The van der Waals surface area contributed by atoms with Crippen LogP contribution in [0.4, 0.5) is 0 Å². The molecular formula is C14H42O3S6. The summed E-state index contributed by atoms with van der Waals surface area (Å²) < 4.78 is 0. The van der Waals surface area contributed by atoms with Gasteiger partial charge in [-0.25, -0.2) is 0 Å². The molecule has 0 aliphatic carbocycles. The Hall–Kier alpha value is 1.69. The maximum atomic E-state index is 10.3. The van der Waals surface area contributed by atoms with Crippen LogP contribution >= 0.6 is 69.1 Å². The van der Waals surface area contributed by atoms with Gasteiger partial charge in [-0.15, -0.1) is 58.3 Å². The summed E-state index contributed by atoms with van der Waals surface area (Å²) in [5.74, 6) is -2.97. The van der Waals surface area contributed by atoms with Crippen LogP contribution < -0.4 is 0 Å². The van der Waals surface area contributed by atoms with Crippen molar-refractivity contribution in [2.45, 2.75) is 81.9 Å². The van der Waals surface area contributed by atoms with Crippen LogP contribution in [0.3, 0.4) is 0 Å². The van der Waals surface area contributed by atoms with Gasteiger partial charge >= 0.3 is 0 Å². The van der Waals surface area contributed by atoms with E-state index in [-0.39, 0.29) is 5.75 Å². The topological polar surface area (TPSA) is 57.5 Å². The number of carbonyl (C=O) groups excluding carboxylic acids is 1. The first-order chi connectivity index (χ1) is 11.0. The average Bonchev–Trinajstić information content (AvgIpc) is 2.66. The third-order valence-electron chi connectivity index (χ3n) is 0.830. The van der Waals surface area contributed by atoms with Crippen LogP contribution in [-0.4, -0.2) is 27.5 Å². The molecule has 0 atom stereocenters. The molecule has 0 unspecified atom stereocenters. The Balaban J connectivity index is -0.0000000226. The fourth-order valence-electron chi connectivity index (χ4n) is 0.192. The van der Waals surface area contributed by atoms with Crippen molar-refractivity contribution in [1.29, 1.82) is 0 Å². The van der Waals surface area contributed by atoms with Crippen molar-refractivity contribution in [2.75, 3.05) is 5.75 Å². The lowest BCUT2D eigenvalue weighted by Crippen LogP contribution is -2.38. The van der Waals surface area contributed by atoms with Crippen molar-refractivity contribution in [3.63, 3.8) is 0 Å². The fourth-order valence-corrected chi connectivity index (χ4v) is 1.11. The van der Waals surface area contributed by atoms with E-state index in [1.54, 1.807) is 0 Å². The lowest BCUT2D eigenvalue weighted by atomic mass is 10.2. The van der Waals surface area contributed by atoms with Gasteiger partial charge in [0.25, 0.3) is 0 Å². The van der Waals surface area contributed by atoms with Crippen LogP contribution in [0.15, 0.2) is 0 Å². The van der Waals surface area contributed by atoms with Crippen LogP contribution in [0.1, 0.15) is 76.2 Å². The largest absolute Gasteiger partial charge is 0.359 e. The lowest BCUT2D eigenvalue weighted by molar-refractivity contribution is -0.171. The molecule has 0 amide bonds. The van der Waals surface area contributed by atoms with Crippen LogP contribution in [0.2, 0.25) is 0 Å². The van der Waals surface area contributed by atoms with E-state index < -0.39 is 11.6 Å². The summed E-state index contributed by atoms with van der Waals surface area (Å²) in [7, 11) is 0.911. The normalized spacial score (nSPS) is 6.35. The van der Waals surface area contributed by atoms with Gasteiger partial charge in [0, 0.05) is 6.92 Å². The lowest BCUT2D eigenvalue weighted by Gasteiger charge is -2.15. The van der Waals surface area contributed by atoms with Crippen molar-refractivity contribution in [3.05, 3.63) is 0 Å². The minimum atomic E-state index is -2.20. The molecule has 3 nitrogen and oxygen atoms in total. The van der Waals surface area contributed by atoms with Gasteiger partial charge in [-0.3, -0.25) is 4.79 Å². The molecule has 0 aromatic rings. The predicted molar refractivity (Wildman–Crippen MR) is 132 cm³/mol. The van der Waals surface area contributed by atoms with Gasteiger partial charge in [0.05, 0.1) is 5.75 Å². The summed E-state index contributed by atoms with van der Waals surface area (Å²) in [6.07, 6.45) is 0. The van der Waals surface area contributed by atoms with Gasteiger partial charge in [-0.1, -0.05) is 80.0 Å². The molecule has 0 aromatic carbocycles. The second-order valence-corrected chi connectivity index (χ2v) is 2.97. The maximum Gasteiger partial charge on any atom is 0.233 e. The van der Waals surface area contributed by atoms with Gasteiger partial charge in [-0.2, -0.15) is 0 Å². The highest BCUT2D eigenvalue weighted by atomic mass is 33.1. The molecule has 0 aliphatic rings. The molecule has 152 valence electrons. The summed E-state index contributed by atoms with van der Waals surface area (Å²) in [5.41, 5.74) is 0. The SMILES string of the molecule is CC.CC.CC.CC.CC.CC(=O)C(O)(O)CSS.SS.SS. The summed E-state index contributed by atoms with van der Waals surface area (Å²) in [5, 5.41) is 17.5. The quantitative estimate of drug-likeness (QED) is 0.153. The highest BCUT2D eigenvalue weighted by molar-refractivity contribution is 8.68. The molecular weight excluding hydrogens is 409 g/mol. The average molecular weight is 451 g/mol. The molecule has 0 heterocycles. The predicted octanol–water partition coefficient (Wildman–Crippen LogP) is 6.49. The van der Waals surface area contributed by atoms with E-state index in [4.69, 9.17) is 10.2 Å². The zero-order valence-corrected chi connectivity index (χ0v) is 21.9. The molecule has 0 bridgehead atoms. The molecule has 0 saturated heterocycles. The van der Waals surface area contributed by atoms with Gasteiger partial charge in [0.1, 0.15) is 0 Å². The van der Waals surface area contributed by atoms with Crippen molar-refractivity contribution in [1.82, 2.24) is 0 Å². The Morgan fingerprint density at radius 3 is 1.00 bits per heavy atom. The molecule has 0 aliphatic heterocycles. The molecule has 2 N–H and O–H groups in total. The highest BCUT2D eigenvalue weighted by Crippen LogP contribution is 2.13. The number of Topliss-reactive ketones (excluding diaryl/α,β-unsaturated/α-hetero) is 1. The number of rotatable bonds is 3. The minimum absolute atomic E-state index is 0.106. The van der Waals surface area contributed by atoms with Crippen LogP contribution in [0, 0.1) is 0 Å². The Bertz CT molecular complexity index is 129. The molecule has 0 radical (unpaired) electrons. The van der Waals surface area contributed by atoms with Crippen molar-refractivity contribution in [2.24, 2.45) is 0 Å². The highest BCUT2D eigenvalue weighted by Gasteiger charge is 2.28. The summed E-state index contributed by atoms with van der Waals surface area (Å²) in [6, 6.07) is 0. The Labute approximate surface area is 176 Å². The van der Waals surface area contributed by atoms with E-state index in [0.29, 0.717) is 0 Å². The maximum absolute atomic E-state index is 10.3. The van der Waals surface area contributed by atoms with E-state index in [9.17, 15) is 4.79 Å². The molecule has 9 heteroatoms. The Kier molecular flexibility index (Phi) is 164. The zero-order valence-electron chi connectivity index (χ0n) is 16.7. The van der Waals surface area contributed by atoms with Gasteiger partial charge in [-0.05, 0) is 0 Å². The second kappa shape index (κ2) is 75.7. The van der Waals surface area contributed by atoms with Crippen LogP contribution in [-0.2, 0) is 4.79 Å². The van der Waals surface area contributed by atoms with Crippen molar-refractivity contribution < 1.29 is 15.0 Å². The number of thiol groups is 5. The van der Waals surface area contributed by atoms with Crippen LogP contribution in [0.25, 0.3) is 0 Å². The molecule has 0 rings (SSSR count). The Morgan fingerprint density at radius 2 is 0.957 bits per heavy atom. The van der Waals surface area contributed by atoms with E-state index in [0.717, 1.165) is 17.7 Å². The summed E-state index contributed by atoms with van der Waals surface area (Å²) in [6.45, 7) is 21.1. The van der Waals surface area contributed by atoms with Crippen LogP contribution in [0.5, 0.6) is 0 Å². The van der Waals surface area contributed by atoms with Gasteiger partial charge in [0.15, 0.2) is 5.78 Å². The standard InChI is InChI=1S/C4H8O3S2.5C2H6.2H2S2/c1-3(5)4(6,7)2-9-8;7*1-2/h6-8H,2H2,1H3;5*1-2H3;2*1-2H. The van der Waals surface area contributed by atoms with Gasteiger partial charge < -0.3 is 10.2 Å². The van der Waals surface area contributed by atoms with E-state index in [1.807, 2.05) is 69.2 Å². The fraction of sp³-hybridized carbons (Fsp3) is 0.929. The first-order valence-corrected chi connectivity index (χ1v) is 12.9. The van der Waals surface area contributed by atoms with Gasteiger partial charge in [0.2, 0.25) is 5.79 Å². The van der Waals surface area contributed by atoms with E-state index >= 15 is 0 Å². The number of hydrogen-bond donors (Lipinski definition) is 7. The molecule has 23 heavy (non-hydrogen) atoms. The number of hydrogen-bond acceptors (Lipinski definition) is 9. The molecule has 0 saturated carbocycles. The molecule has 0 spiro atoms. The summed E-state index contributed by atoms with van der Waals surface area (Å²) in [4.78, 5) is 10.3. The number of aliphatic hydroxyl groups is 2. The summed E-state index contributed by atoms with van der Waals surface area (Å²) >= 11 is 16.5. The number of ketones is 1. The van der Waals surface area contributed by atoms with E-state index in [1.165, 1.54) is 0 Å². The van der Waals surface area contributed by atoms with Crippen molar-refractivity contribution in [3.8, 4) is 0 Å². The zero-order chi connectivity index (χ0) is 21.5. The third kappa shape index (κ3) is 81.6. The first-order valence-electron chi connectivity index (χ1n) is 7.63.